The molecule has 0 unspecified atom stereocenters. The van der Waals surface area contributed by atoms with Crippen molar-refractivity contribution in [2.75, 3.05) is 0 Å². The molecule has 0 bridgehead atoms. The van der Waals surface area contributed by atoms with Crippen molar-refractivity contribution in [3.8, 4) is 17.0 Å². The number of halogens is 4. The summed E-state index contributed by atoms with van der Waals surface area (Å²) < 4.78 is 40.1. The minimum absolute atomic E-state index is 0. The third-order valence-corrected chi connectivity index (χ3v) is 2.62. The molecule has 0 fully saturated rings. The molecule has 0 aliphatic rings. The van der Waals surface area contributed by atoms with Crippen LogP contribution < -0.4 is 39.4 Å². The van der Waals surface area contributed by atoms with Gasteiger partial charge in [-0.05, 0) is 24.3 Å². The van der Waals surface area contributed by atoms with Crippen LogP contribution in [0.1, 0.15) is 10.5 Å². The first-order chi connectivity index (χ1) is 9.76. The number of carbonyl (C=O) groups excluding carboxylic acids is 1. The number of ether oxygens (including phenoxy) is 1. The maximum atomic E-state index is 12.1. The fourth-order valence-corrected chi connectivity index (χ4v) is 1.71. The maximum Gasteiger partial charge on any atom is 1.00 e. The van der Waals surface area contributed by atoms with E-state index in [0.717, 1.165) is 18.5 Å². The van der Waals surface area contributed by atoms with Gasteiger partial charge in [-0.1, -0.05) is 11.6 Å². The number of alkyl halides is 3. The van der Waals surface area contributed by atoms with Crippen LogP contribution in [-0.2, 0) is 0 Å². The Bertz CT molecular complexity index is 698. The Morgan fingerprint density at radius 1 is 1.23 bits per heavy atom. The van der Waals surface area contributed by atoms with Gasteiger partial charge < -0.3 is 14.6 Å². The number of hydrogen-bond donors (Lipinski definition) is 0. The van der Waals surface area contributed by atoms with Crippen molar-refractivity contribution in [3.05, 3.63) is 41.3 Å². The minimum Gasteiger partial charge on any atom is -0.543 e. The molecule has 0 N–H and O–H groups in total. The van der Waals surface area contributed by atoms with E-state index in [-0.39, 0.29) is 46.0 Å². The molecule has 0 radical (unpaired) electrons. The number of nitrogens with zero attached hydrogens (tertiary/aromatic N) is 2. The van der Waals surface area contributed by atoms with Crippen LogP contribution in [0.2, 0.25) is 5.02 Å². The van der Waals surface area contributed by atoms with E-state index in [0.29, 0.717) is 5.56 Å². The molecule has 10 heteroatoms. The van der Waals surface area contributed by atoms with E-state index in [4.69, 9.17) is 11.6 Å². The number of aromatic nitrogens is 2. The summed E-state index contributed by atoms with van der Waals surface area (Å²) in [5.41, 5.74) is 0.121. The van der Waals surface area contributed by atoms with Crippen LogP contribution in [0.15, 0.2) is 30.6 Å². The van der Waals surface area contributed by atoms with E-state index in [2.05, 4.69) is 14.7 Å². The Morgan fingerprint density at radius 2 is 1.91 bits per heavy atom. The maximum absolute atomic E-state index is 12.1. The zero-order valence-electron chi connectivity index (χ0n) is 11.0. The van der Waals surface area contributed by atoms with E-state index in [1.54, 1.807) is 0 Å². The second kappa shape index (κ2) is 7.28. The van der Waals surface area contributed by atoms with Gasteiger partial charge in [0.2, 0.25) is 0 Å². The third-order valence-electron chi connectivity index (χ3n) is 2.33. The van der Waals surface area contributed by atoms with Crippen molar-refractivity contribution >= 4 is 17.6 Å². The quantitative estimate of drug-likeness (QED) is 0.674. The van der Waals surface area contributed by atoms with Crippen molar-refractivity contribution < 1.29 is 57.4 Å². The number of rotatable bonds is 3. The molecule has 1 aromatic carbocycles. The Hall–Kier alpha value is -1.35. The second-order valence-electron chi connectivity index (χ2n) is 3.77. The van der Waals surface area contributed by atoms with Crippen molar-refractivity contribution in [1.29, 1.82) is 0 Å². The Kier molecular flexibility index (Phi) is 6.18. The molecular formula is C12H5ClF3N2NaO3. The normalized spacial score (nSPS) is 10.7. The first kappa shape index (κ1) is 18.7. The van der Waals surface area contributed by atoms with Gasteiger partial charge in [-0.2, -0.15) is 0 Å². The Labute approximate surface area is 149 Å². The van der Waals surface area contributed by atoms with E-state index in [9.17, 15) is 23.1 Å². The molecule has 0 aliphatic heterocycles. The van der Waals surface area contributed by atoms with Crippen LogP contribution in [0.4, 0.5) is 13.2 Å². The van der Waals surface area contributed by atoms with Crippen LogP contribution in [0.5, 0.6) is 5.75 Å². The summed E-state index contributed by atoms with van der Waals surface area (Å²) in [5.74, 6) is -2.07. The van der Waals surface area contributed by atoms with E-state index < -0.39 is 18.1 Å². The summed E-state index contributed by atoms with van der Waals surface area (Å²) in [6.45, 7) is 0. The topological polar surface area (TPSA) is 75.1 Å². The van der Waals surface area contributed by atoms with Crippen molar-refractivity contribution in [2.45, 2.75) is 6.36 Å². The number of carbonyl (C=O) groups is 1. The Morgan fingerprint density at radius 3 is 2.45 bits per heavy atom. The van der Waals surface area contributed by atoms with Crippen LogP contribution >= 0.6 is 11.6 Å². The minimum atomic E-state index is -4.86. The van der Waals surface area contributed by atoms with Gasteiger partial charge in [-0.3, -0.25) is 0 Å². The molecule has 0 saturated heterocycles. The zero-order valence-corrected chi connectivity index (χ0v) is 13.8. The van der Waals surface area contributed by atoms with Gasteiger partial charge in [-0.25, -0.2) is 9.97 Å². The van der Waals surface area contributed by atoms with Gasteiger partial charge in [0.1, 0.15) is 12.1 Å². The molecule has 110 valence electrons. The Balaban J connectivity index is 0.00000242. The van der Waals surface area contributed by atoms with Crippen molar-refractivity contribution in [1.82, 2.24) is 9.97 Å². The summed E-state index contributed by atoms with van der Waals surface area (Å²) >= 11 is 5.69. The van der Waals surface area contributed by atoms with E-state index >= 15 is 0 Å². The van der Waals surface area contributed by atoms with Gasteiger partial charge in [0, 0.05) is 5.56 Å². The van der Waals surface area contributed by atoms with Crippen LogP contribution in [0.25, 0.3) is 11.3 Å². The fraction of sp³-hybridized carbons (Fsp3) is 0.0833. The number of carboxylic acid groups (broad SMARTS) is 1. The molecule has 0 amide bonds. The molecular weight excluding hydrogens is 336 g/mol. The van der Waals surface area contributed by atoms with E-state index in [1.807, 2.05) is 0 Å². The number of carboxylic acids is 1. The van der Waals surface area contributed by atoms with Gasteiger partial charge in [-0.15, -0.1) is 13.2 Å². The predicted molar refractivity (Wildman–Crippen MR) is 63.5 cm³/mol. The molecule has 2 rings (SSSR count). The van der Waals surface area contributed by atoms with Crippen LogP contribution in [0, 0.1) is 0 Å². The molecule has 5 nitrogen and oxygen atoms in total. The average Bonchev–Trinajstić information content (AvgIpc) is 2.40. The molecule has 0 saturated carbocycles. The summed E-state index contributed by atoms with van der Waals surface area (Å²) in [4.78, 5) is 18.0. The first-order valence-corrected chi connectivity index (χ1v) is 5.73. The van der Waals surface area contributed by atoms with Crippen molar-refractivity contribution in [3.63, 3.8) is 0 Å². The molecule has 1 aromatic heterocycles. The van der Waals surface area contributed by atoms with Crippen molar-refractivity contribution in [2.24, 2.45) is 0 Å². The zero-order chi connectivity index (χ0) is 15.6. The molecule has 22 heavy (non-hydrogen) atoms. The fourth-order valence-electron chi connectivity index (χ4n) is 1.49. The largest absolute Gasteiger partial charge is 1.00 e. The van der Waals surface area contributed by atoms with Gasteiger partial charge in [0.25, 0.3) is 0 Å². The molecule has 2 aromatic rings. The monoisotopic (exact) mass is 340 g/mol. The summed E-state index contributed by atoms with van der Waals surface area (Å²) in [5, 5.41) is 10.4. The van der Waals surface area contributed by atoms with Crippen LogP contribution in [0.3, 0.4) is 0 Å². The number of hydrogen-bond acceptors (Lipinski definition) is 5. The molecule has 1 heterocycles. The standard InChI is InChI=1S/C12H6ClF3N2O3.Na/c13-7-3-6(1-2-10(7)21-12(14,15)16)8-4-9(11(19)20)18-5-17-8;/h1-5H,(H,19,20);/q;+1/p-1. The summed E-state index contributed by atoms with van der Waals surface area (Å²) in [6, 6.07) is 4.55. The van der Waals surface area contributed by atoms with Gasteiger partial charge >= 0.3 is 35.9 Å². The first-order valence-electron chi connectivity index (χ1n) is 5.35. The smallest absolute Gasteiger partial charge is 0.543 e. The summed E-state index contributed by atoms with van der Waals surface area (Å²) in [7, 11) is 0. The molecule has 0 aliphatic carbocycles. The SMILES string of the molecule is O=C([O-])c1cc(-c2ccc(OC(F)(F)F)c(Cl)c2)ncn1.[Na+]. The summed E-state index contributed by atoms with van der Waals surface area (Å²) in [6.07, 6.45) is -3.86. The van der Waals surface area contributed by atoms with Crippen LogP contribution in [-0.4, -0.2) is 22.3 Å². The van der Waals surface area contributed by atoms with E-state index in [1.165, 1.54) is 12.1 Å². The molecule has 0 spiro atoms. The molecule has 0 atom stereocenters. The average molecular weight is 341 g/mol. The second-order valence-corrected chi connectivity index (χ2v) is 4.18. The van der Waals surface area contributed by atoms with Gasteiger partial charge in [0.05, 0.1) is 22.4 Å². The number of benzene rings is 1. The number of aromatic carboxylic acids is 1. The predicted octanol–water partition coefficient (Wildman–Crippen LogP) is -0.937. The third kappa shape index (κ3) is 4.84. The van der Waals surface area contributed by atoms with Gasteiger partial charge in [0.15, 0.2) is 0 Å².